The van der Waals surface area contributed by atoms with Gasteiger partial charge in [-0.2, -0.15) is 0 Å². The van der Waals surface area contributed by atoms with Gasteiger partial charge in [0.1, 0.15) is 5.75 Å². The van der Waals surface area contributed by atoms with Crippen molar-refractivity contribution >= 4 is 5.78 Å². The predicted octanol–water partition coefficient (Wildman–Crippen LogP) is 4.46. The molecule has 0 spiro atoms. The van der Waals surface area contributed by atoms with Crippen LogP contribution < -0.4 is 10.2 Å². The zero-order chi connectivity index (χ0) is 19.7. The summed E-state index contributed by atoms with van der Waals surface area (Å²) in [4.78, 5) is 23.4. The fraction of sp³-hybridized carbons (Fsp3) is 0.400. The van der Waals surface area contributed by atoms with Gasteiger partial charge in [-0.15, -0.1) is 13.2 Å². The Morgan fingerprint density at radius 2 is 1.78 bits per heavy atom. The van der Waals surface area contributed by atoms with Crippen molar-refractivity contribution in [3.63, 3.8) is 0 Å². The van der Waals surface area contributed by atoms with E-state index in [1.165, 1.54) is 25.1 Å². The lowest BCUT2D eigenvalue weighted by atomic mass is 9.78. The second-order valence-electron chi connectivity index (χ2n) is 7.01. The molecule has 27 heavy (non-hydrogen) atoms. The Labute approximate surface area is 154 Å². The largest absolute Gasteiger partial charge is 0.573 e. The van der Waals surface area contributed by atoms with E-state index in [-0.39, 0.29) is 27.9 Å². The molecule has 1 aromatic heterocycles. The number of carbonyl (C=O) groups is 1. The first-order valence-corrected chi connectivity index (χ1v) is 8.76. The minimum Gasteiger partial charge on any atom is -0.406 e. The number of carbonyl (C=O) groups excluding carboxylic acids is 1. The van der Waals surface area contributed by atoms with Crippen LogP contribution in [0.15, 0.2) is 47.5 Å². The monoisotopic (exact) mass is 379 g/mol. The summed E-state index contributed by atoms with van der Waals surface area (Å²) in [6.45, 7) is 1.90. The molecule has 0 amide bonds. The summed E-state index contributed by atoms with van der Waals surface area (Å²) in [6.07, 6.45) is 2.29. The Bertz CT molecular complexity index is 879. The number of nitrogens with zero attached hydrogens (tertiary/aromatic N) is 1. The normalized spacial score (nSPS) is 16.3. The van der Waals surface area contributed by atoms with Crippen LogP contribution in [-0.4, -0.2) is 16.7 Å². The highest BCUT2D eigenvalue weighted by molar-refractivity contribution is 5.93. The topological polar surface area (TPSA) is 48.3 Å². The molecule has 144 valence electrons. The molecule has 0 saturated heterocycles. The molecule has 0 atom stereocenters. The van der Waals surface area contributed by atoms with Crippen molar-refractivity contribution in [3.8, 4) is 5.75 Å². The van der Waals surface area contributed by atoms with Gasteiger partial charge < -0.3 is 9.30 Å². The van der Waals surface area contributed by atoms with E-state index in [2.05, 4.69) is 4.74 Å². The van der Waals surface area contributed by atoms with Gasteiger partial charge in [-0.05, 0) is 37.5 Å². The van der Waals surface area contributed by atoms with E-state index in [4.69, 9.17) is 0 Å². The van der Waals surface area contributed by atoms with E-state index in [9.17, 15) is 22.8 Å². The molecule has 0 bridgehead atoms. The van der Waals surface area contributed by atoms with E-state index in [1.54, 1.807) is 24.5 Å². The second kappa shape index (κ2) is 7.21. The van der Waals surface area contributed by atoms with Crippen LogP contribution in [-0.2, 0) is 12.0 Å². The third kappa shape index (κ3) is 4.40. The maximum Gasteiger partial charge on any atom is 0.573 e. The van der Waals surface area contributed by atoms with Gasteiger partial charge in [-0.1, -0.05) is 25.0 Å². The van der Waals surface area contributed by atoms with Gasteiger partial charge in [0.05, 0.1) is 5.56 Å². The quantitative estimate of drug-likeness (QED) is 0.721. The van der Waals surface area contributed by atoms with Gasteiger partial charge in [-0.25, -0.2) is 0 Å². The third-order valence-electron chi connectivity index (χ3n) is 5.10. The smallest absolute Gasteiger partial charge is 0.406 e. The van der Waals surface area contributed by atoms with E-state index >= 15 is 0 Å². The summed E-state index contributed by atoms with van der Waals surface area (Å²) >= 11 is 0. The maximum absolute atomic E-state index is 12.4. The van der Waals surface area contributed by atoms with Gasteiger partial charge in [-0.3, -0.25) is 9.59 Å². The third-order valence-corrected chi connectivity index (χ3v) is 5.10. The number of pyridine rings is 1. The van der Waals surface area contributed by atoms with Gasteiger partial charge >= 0.3 is 6.36 Å². The summed E-state index contributed by atoms with van der Waals surface area (Å²) in [5.41, 5.74) is 0.505. The summed E-state index contributed by atoms with van der Waals surface area (Å²) < 4.78 is 42.9. The minimum atomic E-state index is -4.72. The number of ketones is 1. The number of hydrogen-bond acceptors (Lipinski definition) is 3. The molecule has 7 heteroatoms. The van der Waals surface area contributed by atoms with Crippen molar-refractivity contribution in [1.82, 2.24) is 4.57 Å². The van der Waals surface area contributed by atoms with E-state index in [1.807, 2.05) is 4.57 Å². The van der Waals surface area contributed by atoms with Crippen molar-refractivity contribution in [2.24, 2.45) is 0 Å². The average Bonchev–Trinajstić information content (AvgIpc) is 3.05. The number of benzene rings is 1. The Morgan fingerprint density at radius 1 is 1.15 bits per heavy atom. The number of alkyl halides is 3. The molecule has 0 unspecified atom stereocenters. The SMILES string of the molecule is CC(=O)c1cn(CC2(c3ccc(OC(F)(F)F)cc3)CCCC2)ccc1=O. The van der Waals surface area contributed by atoms with Crippen LogP contribution in [0.5, 0.6) is 5.75 Å². The molecular weight excluding hydrogens is 359 g/mol. The Balaban J connectivity index is 1.89. The van der Waals surface area contributed by atoms with Crippen molar-refractivity contribution in [2.75, 3.05) is 0 Å². The lowest BCUT2D eigenvalue weighted by molar-refractivity contribution is -0.274. The number of halogens is 3. The second-order valence-corrected chi connectivity index (χ2v) is 7.01. The molecule has 0 radical (unpaired) electrons. The highest BCUT2D eigenvalue weighted by Gasteiger charge is 2.36. The highest BCUT2D eigenvalue weighted by atomic mass is 19.4. The molecule has 1 aliphatic carbocycles. The highest BCUT2D eigenvalue weighted by Crippen LogP contribution is 2.43. The van der Waals surface area contributed by atoms with Crippen LogP contribution in [0.4, 0.5) is 13.2 Å². The zero-order valence-electron chi connectivity index (χ0n) is 14.9. The summed E-state index contributed by atoms with van der Waals surface area (Å²) in [7, 11) is 0. The van der Waals surface area contributed by atoms with Crippen molar-refractivity contribution in [3.05, 3.63) is 64.1 Å². The Morgan fingerprint density at radius 3 is 2.33 bits per heavy atom. The Hall–Kier alpha value is -2.57. The molecular formula is C20H20F3NO3. The van der Waals surface area contributed by atoms with Gasteiger partial charge in [0.25, 0.3) is 0 Å². The molecule has 1 aromatic carbocycles. The number of Topliss-reactive ketones (excluding diaryl/α,β-unsaturated/α-hetero) is 1. The lowest BCUT2D eigenvalue weighted by Gasteiger charge is -2.31. The molecule has 1 heterocycles. The van der Waals surface area contributed by atoms with Crippen molar-refractivity contribution in [2.45, 2.75) is 50.9 Å². The molecule has 1 aliphatic rings. The van der Waals surface area contributed by atoms with Crippen LogP contribution >= 0.6 is 0 Å². The van der Waals surface area contributed by atoms with Gasteiger partial charge in [0.15, 0.2) is 11.2 Å². The number of rotatable bonds is 5. The molecule has 2 aromatic rings. The fourth-order valence-corrected chi connectivity index (χ4v) is 3.84. The van der Waals surface area contributed by atoms with Crippen LogP contribution in [0.25, 0.3) is 0 Å². The standard InChI is InChI=1S/C20H20F3NO3/c1-14(25)17-12-24(11-8-18(17)26)13-19(9-2-3-10-19)15-4-6-16(7-5-15)27-20(21,22)23/h4-8,11-12H,2-3,9-10,13H2,1H3. The summed E-state index contributed by atoms with van der Waals surface area (Å²) in [5, 5.41) is 0. The first-order valence-electron chi connectivity index (χ1n) is 8.76. The molecule has 4 nitrogen and oxygen atoms in total. The van der Waals surface area contributed by atoms with E-state index in [0.29, 0.717) is 6.54 Å². The average molecular weight is 379 g/mol. The first-order chi connectivity index (χ1) is 12.7. The maximum atomic E-state index is 12.4. The minimum absolute atomic E-state index is 0.138. The van der Waals surface area contributed by atoms with Crippen LogP contribution in [0.2, 0.25) is 0 Å². The van der Waals surface area contributed by atoms with E-state index < -0.39 is 6.36 Å². The van der Waals surface area contributed by atoms with Crippen molar-refractivity contribution in [1.29, 1.82) is 0 Å². The van der Waals surface area contributed by atoms with Crippen molar-refractivity contribution < 1.29 is 22.7 Å². The fourth-order valence-electron chi connectivity index (χ4n) is 3.84. The van der Waals surface area contributed by atoms with Gasteiger partial charge in [0, 0.05) is 30.4 Å². The van der Waals surface area contributed by atoms with Crippen LogP contribution in [0, 0.1) is 0 Å². The molecule has 0 N–H and O–H groups in total. The zero-order valence-corrected chi connectivity index (χ0v) is 14.9. The number of aromatic nitrogens is 1. The molecule has 3 rings (SSSR count). The predicted molar refractivity (Wildman–Crippen MR) is 94.0 cm³/mol. The molecule has 1 fully saturated rings. The molecule has 1 saturated carbocycles. The van der Waals surface area contributed by atoms with Gasteiger partial charge in [0.2, 0.25) is 0 Å². The summed E-state index contributed by atoms with van der Waals surface area (Å²) in [5.74, 6) is -0.537. The molecule has 0 aliphatic heterocycles. The first kappa shape index (κ1) is 19.2. The number of ether oxygens (including phenoxy) is 1. The Kier molecular flexibility index (Phi) is 5.13. The lowest BCUT2D eigenvalue weighted by Crippen LogP contribution is -2.29. The van der Waals surface area contributed by atoms with Crippen LogP contribution in [0.1, 0.15) is 48.5 Å². The van der Waals surface area contributed by atoms with E-state index in [0.717, 1.165) is 31.2 Å². The number of hydrogen-bond donors (Lipinski definition) is 0. The summed E-state index contributed by atoms with van der Waals surface area (Å²) in [6, 6.07) is 7.37. The van der Waals surface area contributed by atoms with Crippen LogP contribution in [0.3, 0.4) is 0 Å².